The van der Waals surface area contributed by atoms with E-state index in [4.69, 9.17) is 5.73 Å². The summed E-state index contributed by atoms with van der Waals surface area (Å²) in [6, 6.07) is -0.0143. The molecule has 1 saturated heterocycles. The van der Waals surface area contributed by atoms with E-state index in [1.54, 1.807) is 0 Å². The lowest BCUT2D eigenvalue weighted by Gasteiger charge is -2.14. The number of hydrogen-bond donors (Lipinski definition) is 3. The first kappa shape index (κ1) is 7.54. The van der Waals surface area contributed by atoms with Crippen molar-refractivity contribution in [2.75, 3.05) is 0 Å². The maximum Gasteiger partial charge on any atom is 0.254 e. The van der Waals surface area contributed by atoms with Gasteiger partial charge < -0.3 is 5.73 Å². The highest BCUT2D eigenvalue weighted by Gasteiger charge is 2.54. The van der Waals surface area contributed by atoms with Crippen molar-refractivity contribution < 1.29 is 9.59 Å². The van der Waals surface area contributed by atoms with E-state index in [0.29, 0.717) is 12.8 Å². The molecule has 0 bridgehead atoms. The molecule has 1 atom stereocenters. The van der Waals surface area contributed by atoms with Gasteiger partial charge in [-0.3, -0.25) is 20.4 Å². The molecule has 1 unspecified atom stereocenters. The molecule has 2 amide bonds. The second-order valence-electron chi connectivity index (χ2n) is 3.49. The third-order valence-electron chi connectivity index (χ3n) is 2.71. The number of amides is 2. The van der Waals surface area contributed by atoms with Gasteiger partial charge in [0.05, 0.1) is 0 Å². The van der Waals surface area contributed by atoms with E-state index in [2.05, 4.69) is 10.9 Å². The van der Waals surface area contributed by atoms with Crippen molar-refractivity contribution in [3.8, 4) is 0 Å². The molecular formula is C7H11N3O2. The van der Waals surface area contributed by atoms with Crippen LogP contribution in [0.2, 0.25) is 0 Å². The Morgan fingerprint density at radius 3 is 2.33 bits per heavy atom. The minimum Gasteiger partial charge on any atom is -0.328 e. The Morgan fingerprint density at radius 1 is 1.33 bits per heavy atom. The predicted octanol–water partition coefficient (Wildman–Crippen LogP) is -1.35. The van der Waals surface area contributed by atoms with Gasteiger partial charge in [0.15, 0.2) is 0 Å². The van der Waals surface area contributed by atoms with E-state index in [9.17, 15) is 9.59 Å². The third-order valence-corrected chi connectivity index (χ3v) is 2.71. The largest absolute Gasteiger partial charge is 0.328 e. The molecule has 0 aromatic rings. The van der Waals surface area contributed by atoms with E-state index in [1.165, 1.54) is 0 Å². The van der Waals surface area contributed by atoms with Crippen LogP contribution in [0.5, 0.6) is 0 Å². The van der Waals surface area contributed by atoms with Crippen molar-refractivity contribution >= 4 is 11.8 Å². The van der Waals surface area contributed by atoms with Crippen LogP contribution in [-0.4, -0.2) is 17.9 Å². The first-order chi connectivity index (χ1) is 5.65. The quantitative estimate of drug-likeness (QED) is 0.392. The van der Waals surface area contributed by atoms with Crippen molar-refractivity contribution in [2.24, 2.45) is 11.1 Å². The van der Waals surface area contributed by atoms with Gasteiger partial charge in [-0.25, -0.2) is 0 Å². The predicted molar refractivity (Wildman–Crippen MR) is 40.5 cm³/mol. The monoisotopic (exact) mass is 169 g/mol. The van der Waals surface area contributed by atoms with Gasteiger partial charge in [0, 0.05) is 6.04 Å². The minimum absolute atomic E-state index is 0.0143. The van der Waals surface area contributed by atoms with Crippen LogP contribution in [-0.2, 0) is 9.59 Å². The second kappa shape index (κ2) is 2.20. The Morgan fingerprint density at radius 2 is 1.92 bits per heavy atom. The first-order valence-electron chi connectivity index (χ1n) is 4.02. The van der Waals surface area contributed by atoms with Crippen molar-refractivity contribution in [3.63, 3.8) is 0 Å². The Labute approximate surface area is 69.7 Å². The zero-order valence-electron chi connectivity index (χ0n) is 6.59. The first-order valence-corrected chi connectivity index (χ1v) is 4.02. The number of hydrazine groups is 1. The van der Waals surface area contributed by atoms with Crippen LogP contribution < -0.4 is 16.6 Å². The highest BCUT2D eigenvalue weighted by atomic mass is 16.2. The molecule has 5 nitrogen and oxygen atoms in total. The molecule has 1 aliphatic carbocycles. The topological polar surface area (TPSA) is 84.2 Å². The van der Waals surface area contributed by atoms with E-state index in [1.807, 2.05) is 0 Å². The van der Waals surface area contributed by atoms with Crippen LogP contribution in [0, 0.1) is 5.41 Å². The van der Waals surface area contributed by atoms with Crippen LogP contribution >= 0.6 is 0 Å². The number of carbonyl (C=O) groups is 2. The minimum atomic E-state index is -0.848. The summed E-state index contributed by atoms with van der Waals surface area (Å²) in [4.78, 5) is 22.6. The lowest BCUT2D eigenvalue weighted by atomic mass is 9.85. The van der Waals surface area contributed by atoms with E-state index >= 15 is 0 Å². The van der Waals surface area contributed by atoms with E-state index in [0.717, 1.165) is 6.42 Å². The Balaban J connectivity index is 2.29. The summed E-state index contributed by atoms with van der Waals surface area (Å²) in [7, 11) is 0. The van der Waals surface area contributed by atoms with Crippen molar-refractivity contribution in [3.05, 3.63) is 0 Å². The van der Waals surface area contributed by atoms with Crippen molar-refractivity contribution in [1.29, 1.82) is 0 Å². The van der Waals surface area contributed by atoms with Crippen LogP contribution in [0.1, 0.15) is 19.3 Å². The number of hydrogen-bond acceptors (Lipinski definition) is 3. The van der Waals surface area contributed by atoms with Gasteiger partial charge in [0.1, 0.15) is 5.41 Å². The fourth-order valence-electron chi connectivity index (χ4n) is 1.95. The maximum absolute atomic E-state index is 11.3. The lowest BCUT2D eigenvalue weighted by molar-refractivity contribution is -0.135. The van der Waals surface area contributed by atoms with Gasteiger partial charge in [-0.1, -0.05) is 0 Å². The van der Waals surface area contributed by atoms with Crippen LogP contribution in [0.4, 0.5) is 0 Å². The van der Waals surface area contributed by atoms with E-state index < -0.39 is 5.41 Å². The average Bonchev–Trinajstić information content (AvgIpc) is 2.53. The Bertz CT molecular complexity index is 235. The summed E-state index contributed by atoms with van der Waals surface area (Å²) in [6.45, 7) is 0. The molecule has 0 radical (unpaired) electrons. The zero-order valence-corrected chi connectivity index (χ0v) is 6.59. The van der Waals surface area contributed by atoms with Crippen molar-refractivity contribution in [1.82, 2.24) is 10.9 Å². The Hall–Kier alpha value is -1.10. The maximum atomic E-state index is 11.3. The normalized spacial score (nSPS) is 32.2. The molecule has 1 spiro atoms. The number of nitrogens with two attached hydrogens (primary N) is 1. The van der Waals surface area contributed by atoms with Gasteiger partial charge in [-0.05, 0) is 19.3 Å². The number of rotatable bonds is 0. The molecule has 2 rings (SSSR count). The van der Waals surface area contributed by atoms with Crippen LogP contribution in [0.15, 0.2) is 0 Å². The summed E-state index contributed by atoms with van der Waals surface area (Å²) in [5.41, 5.74) is 9.46. The summed E-state index contributed by atoms with van der Waals surface area (Å²) >= 11 is 0. The average molecular weight is 169 g/mol. The molecule has 12 heavy (non-hydrogen) atoms. The summed E-state index contributed by atoms with van der Waals surface area (Å²) < 4.78 is 0. The van der Waals surface area contributed by atoms with Crippen LogP contribution in [0.25, 0.3) is 0 Å². The third kappa shape index (κ3) is 0.768. The summed E-state index contributed by atoms with van der Waals surface area (Å²) in [5.74, 6) is -0.444. The fraction of sp³-hybridized carbons (Fsp3) is 0.714. The molecule has 4 N–H and O–H groups in total. The van der Waals surface area contributed by atoms with Gasteiger partial charge in [0.2, 0.25) is 0 Å². The highest BCUT2D eigenvalue weighted by molar-refractivity contribution is 6.10. The number of nitrogens with one attached hydrogen (secondary N) is 2. The molecular weight excluding hydrogens is 158 g/mol. The van der Waals surface area contributed by atoms with Gasteiger partial charge in [0.25, 0.3) is 11.8 Å². The smallest absolute Gasteiger partial charge is 0.254 e. The molecule has 1 aliphatic heterocycles. The molecule has 0 aromatic carbocycles. The molecule has 0 aromatic heterocycles. The van der Waals surface area contributed by atoms with Gasteiger partial charge in [-0.15, -0.1) is 0 Å². The molecule has 5 heteroatoms. The second-order valence-corrected chi connectivity index (χ2v) is 3.49. The lowest BCUT2D eigenvalue weighted by Crippen LogP contribution is -2.34. The summed E-state index contributed by atoms with van der Waals surface area (Å²) in [6.07, 6.45) is 1.80. The zero-order chi connectivity index (χ0) is 8.77. The fourth-order valence-corrected chi connectivity index (χ4v) is 1.95. The van der Waals surface area contributed by atoms with Crippen LogP contribution in [0.3, 0.4) is 0 Å². The van der Waals surface area contributed by atoms with Gasteiger partial charge >= 0.3 is 0 Å². The molecule has 2 fully saturated rings. The van der Waals surface area contributed by atoms with E-state index in [-0.39, 0.29) is 17.9 Å². The Kier molecular flexibility index (Phi) is 1.38. The molecule has 1 saturated carbocycles. The molecule has 1 heterocycles. The van der Waals surface area contributed by atoms with Gasteiger partial charge in [-0.2, -0.15) is 0 Å². The highest BCUT2D eigenvalue weighted by Crippen LogP contribution is 2.39. The summed E-state index contributed by atoms with van der Waals surface area (Å²) in [5, 5.41) is 0. The van der Waals surface area contributed by atoms with Crippen molar-refractivity contribution in [2.45, 2.75) is 25.3 Å². The SMILES string of the molecule is NC1CCC2(C1)C(=O)NNC2=O. The molecule has 2 aliphatic rings. The standard InChI is InChI=1S/C7H11N3O2/c8-4-1-2-7(3-4)5(11)9-10-6(7)12/h4H,1-3,8H2,(H,9,11)(H,10,12). The number of carbonyl (C=O) groups excluding carboxylic acids is 2. The molecule has 66 valence electrons.